The molecule has 8 nitrogen and oxygen atoms in total. The van der Waals surface area contributed by atoms with Crippen LogP contribution in [-0.2, 0) is 19.1 Å². The molecule has 0 radical (unpaired) electrons. The van der Waals surface area contributed by atoms with Gasteiger partial charge >= 0.3 is 5.97 Å². The highest BCUT2D eigenvalue weighted by atomic mass is 16.5. The Morgan fingerprint density at radius 1 is 1.20 bits per heavy atom. The molecule has 2 N–H and O–H groups in total. The van der Waals surface area contributed by atoms with Crippen molar-refractivity contribution in [3.63, 3.8) is 0 Å². The predicted octanol–water partition coefficient (Wildman–Crippen LogP) is 3.23. The van der Waals surface area contributed by atoms with Gasteiger partial charge in [0.25, 0.3) is 0 Å². The lowest BCUT2D eigenvalue weighted by Crippen LogP contribution is -2.61. The molecule has 0 aliphatic carbocycles. The van der Waals surface area contributed by atoms with Gasteiger partial charge < -0.3 is 24.7 Å². The van der Waals surface area contributed by atoms with Crippen molar-refractivity contribution in [2.24, 2.45) is 17.3 Å². The summed E-state index contributed by atoms with van der Waals surface area (Å²) in [6.45, 7) is 15.2. The highest BCUT2D eigenvalue weighted by molar-refractivity contribution is 5.98. The maximum Gasteiger partial charge on any atom is 0.310 e. The Labute approximate surface area is 209 Å². The number of carbonyl (C=O) groups excluding carboxylic acids is 2. The molecule has 3 rings (SSSR count). The van der Waals surface area contributed by atoms with E-state index in [1.54, 1.807) is 11.0 Å². The smallest absolute Gasteiger partial charge is 0.310 e. The molecule has 0 aromatic heterocycles. The van der Waals surface area contributed by atoms with Crippen molar-refractivity contribution in [1.29, 1.82) is 0 Å². The summed E-state index contributed by atoms with van der Waals surface area (Å²) in [6.07, 6.45) is 6.02. The molecule has 3 saturated heterocycles. The van der Waals surface area contributed by atoms with Crippen LogP contribution in [0, 0.1) is 17.3 Å². The maximum atomic E-state index is 14.4. The Hall–Kier alpha value is -1.93. The number of fused-ring (bicyclic) bond motifs is 1. The van der Waals surface area contributed by atoms with Crippen LogP contribution in [0.4, 0.5) is 0 Å². The number of amides is 2. The third-order valence-corrected chi connectivity index (χ3v) is 7.90. The fourth-order valence-corrected chi connectivity index (χ4v) is 7.01. The van der Waals surface area contributed by atoms with Crippen LogP contribution in [0.5, 0.6) is 0 Å². The second-order valence-electron chi connectivity index (χ2n) is 12.4. The van der Waals surface area contributed by atoms with Crippen molar-refractivity contribution in [1.82, 2.24) is 9.80 Å². The molecule has 0 aromatic carbocycles. The lowest BCUT2D eigenvalue weighted by Gasteiger charge is -2.45. The first kappa shape index (κ1) is 27.7. The van der Waals surface area contributed by atoms with Crippen LogP contribution in [0.25, 0.3) is 0 Å². The van der Waals surface area contributed by atoms with Gasteiger partial charge in [0, 0.05) is 25.2 Å². The molecule has 198 valence electrons. The van der Waals surface area contributed by atoms with Gasteiger partial charge in [0.05, 0.1) is 17.9 Å². The molecule has 0 saturated carbocycles. The fraction of sp³-hybridized carbons (Fsp3) is 0.815. The van der Waals surface area contributed by atoms with Gasteiger partial charge in [-0.25, -0.2) is 0 Å². The van der Waals surface area contributed by atoms with E-state index >= 15 is 0 Å². The summed E-state index contributed by atoms with van der Waals surface area (Å²) in [6, 6.07) is -0.841. The van der Waals surface area contributed by atoms with Gasteiger partial charge in [0.15, 0.2) is 0 Å². The van der Waals surface area contributed by atoms with Crippen LogP contribution in [0.2, 0.25) is 0 Å². The quantitative estimate of drug-likeness (QED) is 0.320. The summed E-state index contributed by atoms with van der Waals surface area (Å²) < 4.78 is 6.33. The SMILES string of the molecule is C=CCN(C(=O)C1N(CCCCCCO)C(=O)[C@@H]2[C@H](C(=O)O)[C@@H]3CCC12O3)C(C)(C)CC(C)(C)C. The number of likely N-dealkylation sites (tertiary alicyclic amines) is 1. The molecule has 0 aromatic rings. The first-order valence-electron chi connectivity index (χ1n) is 13.0. The van der Waals surface area contributed by atoms with E-state index in [1.165, 1.54) is 0 Å². The minimum absolute atomic E-state index is 0.0291. The van der Waals surface area contributed by atoms with Crippen molar-refractivity contribution >= 4 is 17.8 Å². The molecule has 2 amide bonds. The predicted molar refractivity (Wildman–Crippen MR) is 133 cm³/mol. The molecular weight excluding hydrogens is 448 g/mol. The van der Waals surface area contributed by atoms with Crippen LogP contribution in [-0.4, -0.2) is 80.8 Å². The molecule has 2 unspecified atom stereocenters. The summed E-state index contributed by atoms with van der Waals surface area (Å²) in [5.41, 5.74) is -1.63. The number of carboxylic acids is 1. The summed E-state index contributed by atoms with van der Waals surface area (Å²) in [5.74, 6) is -3.23. The number of aliphatic hydroxyl groups excluding tert-OH is 1. The first-order valence-corrected chi connectivity index (χ1v) is 13.0. The van der Waals surface area contributed by atoms with Crippen LogP contribution in [0.15, 0.2) is 12.7 Å². The van der Waals surface area contributed by atoms with E-state index < -0.39 is 41.1 Å². The molecule has 1 spiro atoms. The van der Waals surface area contributed by atoms with E-state index in [0.29, 0.717) is 38.8 Å². The van der Waals surface area contributed by atoms with Gasteiger partial charge in [-0.2, -0.15) is 0 Å². The van der Waals surface area contributed by atoms with Gasteiger partial charge in [-0.05, 0) is 51.4 Å². The number of carboxylic acid groups (broad SMARTS) is 1. The Kier molecular flexibility index (Phi) is 8.07. The fourth-order valence-electron chi connectivity index (χ4n) is 7.01. The largest absolute Gasteiger partial charge is 0.481 e. The Morgan fingerprint density at radius 2 is 1.86 bits per heavy atom. The third kappa shape index (κ3) is 5.15. The number of hydrogen-bond donors (Lipinski definition) is 2. The van der Waals surface area contributed by atoms with E-state index in [4.69, 9.17) is 9.84 Å². The number of hydrogen-bond acceptors (Lipinski definition) is 5. The Balaban J connectivity index is 1.98. The number of unbranched alkanes of at least 4 members (excludes halogenated alkanes) is 3. The van der Waals surface area contributed by atoms with Crippen LogP contribution in [0.3, 0.4) is 0 Å². The minimum atomic E-state index is -1.09. The highest BCUT2D eigenvalue weighted by Gasteiger charge is 2.75. The minimum Gasteiger partial charge on any atom is -0.481 e. The summed E-state index contributed by atoms with van der Waals surface area (Å²) >= 11 is 0. The molecule has 3 heterocycles. The number of carbonyl (C=O) groups is 3. The van der Waals surface area contributed by atoms with Gasteiger partial charge in [-0.1, -0.05) is 39.7 Å². The molecule has 5 atom stereocenters. The molecule has 3 aliphatic rings. The van der Waals surface area contributed by atoms with Crippen molar-refractivity contribution in [3.05, 3.63) is 12.7 Å². The third-order valence-electron chi connectivity index (χ3n) is 7.90. The molecule has 35 heavy (non-hydrogen) atoms. The zero-order chi connectivity index (χ0) is 26.2. The van der Waals surface area contributed by atoms with Crippen molar-refractivity contribution in [3.8, 4) is 0 Å². The van der Waals surface area contributed by atoms with Crippen molar-refractivity contribution in [2.45, 2.75) is 103 Å². The number of nitrogens with zero attached hydrogens (tertiary/aromatic N) is 2. The Bertz CT molecular complexity index is 834. The van der Waals surface area contributed by atoms with Crippen LogP contribution >= 0.6 is 0 Å². The van der Waals surface area contributed by atoms with Gasteiger partial charge in [-0.15, -0.1) is 6.58 Å². The summed E-state index contributed by atoms with van der Waals surface area (Å²) in [7, 11) is 0. The topological polar surface area (TPSA) is 107 Å². The van der Waals surface area contributed by atoms with E-state index in [1.807, 2.05) is 18.7 Å². The number of rotatable bonds is 12. The van der Waals surface area contributed by atoms with Gasteiger partial charge in [0.2, 0.25) is 11.8 Å². The first-order chi connectivity index (χ1) is 16.3. The van der Waals surface area contributed by atoms with E-state index in [2.05, 4.69) is 27.4 Å². The van der Waals surface area contributed by atoms with E-state index in [9.17, 15) is 19.5 Å². The molecule has 3 fully saturated rings. The normalized spacial score (nSPS) is 30.0. The average molecular weight is 493 g/mol. The summed E-state index contributed by atoms with van der Waals surface area (Å²) in [5, 5.41) is 19.0. The average Bonchev–Trinajstić information content (AvgIpc) is 3.37. The second kappa shape index (κ2) is 10.2. The zero-order valence-electron chi connectivity index (χ0n) is 22.1. The standard InChI is InChI=1S/C27H44N2O6/c1-7-14-29(26(5,6)17-25(2,3)4)23(32)21-27-13-12-18(35-27)19(24(33)34)20(27)22(31)28(21)15-10-8-9-11-16-30/h7,18-21,30H,1,8-17H2,2-6H3,(H,33,34)/t18-,19+,20-,21?,27?/m0/s1. The number of aliphatic carboxylic acids is 1. The number of ether oxygens (including phenoxy) is 1. The van der Waals surface area contributed by atoms with Crippen molar-refractivity contribution in [2.75, 3.05) is 19.7 Å². The molecule has 2 bridgehead atoms. The van der Waals surface area contributed by atoms with Crippen molar-refractivity contribution < 1.29 is 29.3 Å². The molecule has 8 heteroatoms. The lowest BCUT2D eigenvalue weighted by atomic mass is 9.70. The zero-order valence-corrected chi connectivity index (χ0v) is 22.1. The summed E-state index contributed by atoms with van der Waals surface area (Å²) in [4.78, 5) is 43.7. The second-order valence-corrected chi connectivity index (χ2v) is 12.4. The van der Waals surface area contributed by atoms with Gasteiger partial charge in [-0.3, -0.25) is 14.4 Å². The lowest BCUT2D eigenvalue weighted by molar-refractivity contribution is -0.153. The maximum absolute atomic E-state index is 14.4. The van der Waals surface area contributed by atoms with Gasteiger partial charge in [0.1, 0.15) is 11.6 Å². The Morgan fingerprint density at radius 3 is 2.43 bits per heavy atom. The molecule has 3 aliphatic heterocycles. The van der Waals surface area contributed by atoms with Crippen LogP contribution in [0.1, 0.15) is 79.6 Å². The molecular formula is C27H44N2O6. The monoisotopic (exact) mass is 492 g/mol. The van der Waals surface area contributed by atoms with E-state index in [0.717, 1.165) is 19.3 Å². The number of aliphatic hydroxyl groups is 1. The van der Waals surface area contributed by atoms with E-state index in [-0.39, 0.29) is 23.8 Å². The highest BCUT2D eigenvalue weighted by Crippen LogP contribution is 2.58. The van der Waals surface area contributed by atoms with Crippen LogP contribution < -0.4 is 0 Å².